The van der Waals surface area contributed by atoms with E-state index >= 15 is 0 Å². The zero-order valence-electron chi connectivity index (χ0n) is 9.11. The molecule has 1 N–H and O–H groups in total. The molecule has 0 amide bonds. The molecule has 0 aliphatic carbocycles. The molecule has 2 heterocycles. The van der Waals surface area contributed by atoms with Gasteiger partial charge in [-0.1, -0.05) is 0 Å². The number of tetrazole rings is 1. The second-order valence-electron chi connectivity index (χ2n) is 3.55. The number of rotatable bonds is 2. The Bertz CT molecular complexity index is 610. The van der Waals surface area contributed by atoms with Crippen LogP contribution in [0.15, 0.2) is 18.2 Å². The number of aromatic carboxylic acids is 1. The summed E-state index contributed by atoms with van der Waals surface area (Å²) in [5.41, 5.74) is 0.502. The topological polar surface area (TPSA) is 99.4 Å². The Balaban J connectivity index is 2.06. The van der Waals surface area contributed by atoms with Crippen LogP contribution in [0.25, 0.3) is 5.69 Å². The number of carboxylic acids is 1. The summed E-state index contributed by atoms with van der Waals surface area (Å²) in [6.45, 7) is 0.954. The van der Waals surface area contributed by atoms with E-state index in [4.69, 9.17) is 14.6 Å². The minimum Gasteiger partial charge on any atom is -0.486 e. The lowest BCUT2D eigenvalue weighted by Crippen LogP contribution is -2.16. The molecule has 1 aliphatic rings. The van der Waals surface area contributed by atoms with Gasteiger partial charge in [-0.3, -0.25) is 0 Å². The molecule has 3 rings (SSSR count). The predicted molar refractivity (Wildman–Crippen MR) is 57.1 cm³/mol. The first-order chi connectivity index (χ1) is 8.75. The molecule has 18 heavy (non-hydrogen) atoms. The molecular weight excluding hydrogens is 240 g/mol. The zero-order valence-corrected chi connectivity index (χ0v) is 9.11. The molecule has 1 aliphatic heterocycles. The van der Waals surface area contributed by atoms with Crippen molar-refractivity contribution in [1.29, 1.82) is 0 Å². The van der Waals surface area contributed by atoms with Crippen molar-refractivity contribution in [2.24, 2.45) is 0 Å². The number of ether oxygens (including phenoxy) is 2. The Hall–Kier alpha value is -2.64. The van der Waals surface area contributed by atoms with Crippen molar-refractivity contribution in [3.8, 4) is 17.2 Å². The van der Waals surface area contributed by atoms with E-state index in [1.165, 1.54) is 0 Å². The van der Waals surface area contributed by atoms with Gasteiger partial charge in [-0.15, -0.1) is 5.10 Å². The predicted octanol–water partition coefficient (Wildman–Crippen LogP) is 0.132. The van der Waals surface area contributed by atoms with Crippen LogP contribution in [0, 0.1) is 0 Å². The van der Waals surface area contributed by atoms with Crippen LogP contribution >= 0.6 is 0 Å². The third-order valence-electron chi connectivity index (χ3n) is 2.43. The minimum absolute atomic E-state index is 0.258. The summed E-state index contributed by atoms with van der Waals surface area (Å²) >= 11 is 0. The van der Waals surface area contributed by atoms with Gasteiger partial charge in [0.25, 0.3) is 5.82 Å². The zero-order chi connectivity index (χ0) is 12.5. The van der Waals surface area contributed by atoms with Gasteiger partial charge < -0.3 is 14.6 Å². The van der Waals surface area contributed by atoms with Crippen molar-refractivity contribution in [2.75, 3.05) is 13.2 Å². The lowest BCUT2D eigenvalue weighted by molar-refractivity contribution is 0.0680. The highest BCUT2D eigenvalue weighted by Crippen LogP contribution is 2.31. The number of carbonyl (C=O) groups is 1. The number of fused-ring (bicyclic) bond motifs is 1. The maximum Gasteiger partial charge on any atom is 0.376 e. The van der Waals surface area contributed by atoms with Crippen LogP contribution in [0.3, 0.4) is 0 Å². The molecule has 0 bridgehead atoms. The number of aromatic nitrogens is 4. The van der Waals surface area contributed by atoms with Crippen molar-refractivity contribution in [3.05, 3.63) is 24.0 Å². The van der Waals surface area contributed by atoms with Crippen molar-refractivity contribution in [1.82, 2.24) is 20.2 Å². The smallest absolute Gasteiger partial charge is 0.376 e. The first-order valence-electron chi connectivity index (χ1n) is 5.17. The average Bonchev–Trinajstić information content (AvgIpc) is 2.87. The maximum atomic E-state index is 10.9. The summed E-state index contributed by atoms with van der Waals surface area (Å²) in [5.74, 6) is -0.290. The fraction of sp³-hybridized carbons (Fsp3) is 0.200. The highest BCUT2D eigenvalue weighted by molar-refractivity contribution is 5.83. The summed E-state index contributed by atoms with van der Waals surface area (Å²) in [7, 11) is 0. The van der Waals surface area contributed by atoms with Gasteiger partial charge in [0.2, 0.25) is 0 Å². The van der Waals surface area contributed by atoms with Gasteiger partial charge in [0.05, 0.1) is 5.69 Å². The van der Waals surface area contributed by atoms with E-state index in [0.717, 1.165) is 4.68 Å². The molecule has 1 aromatic heterocycles. The van der Waals surface area contributed by atoms with E-state index in [2.05, 4.69) is 15.5 Å². The van der Waals surface area contributed by atoms with Crippen LogP contribution in [0.5, 0.6) is 11.5 Å². The monoisotopic (exact) mass is 248 g/mol. The van der Waals surface area contributed by atoms with E-state index in [0.29, 0.717) is 30.4 Å². The van der Waals surface area contributed by atoms with Crippen molar-refractivity contribution in [2.45, 2.75) is 0 Å². The second-order valence-corrected chi connectivity index (χ2v) is 3.55. The molecular formula is C10H8N4O4. The Kier molecular flexibility index (Phi) is 2.33. The number of carboxylic acid groups (broad SMARTS) is 1. The maximum absolute atomic E-state index is 10.9. The normalized spacial score (nSPS) is 13.3. The molecule has 0 unspecified atom stereocenters. The van der Waals surface area contributed by atoms with Crippen LogP contribution in [-0.2, 0) is 0 Å². The molecule has 0 spiro atoms. The Labute approximate surface area is 101 Å². The van der Waals surface area contributed by atoms with Gasteiger partial charge >= 0.3 is 5.97 Å². The van der Waals surface area contributed by atoms with Crippen LogP contribution in [0.2, 0.25) is 0 Å². The van der Waals surface area contributed by atoms with Crippen LogP contribution in [0.1, 0.15) is 10.6 Å². The Morgan fingerprint density at radius 2 is 2.06 bits per heavy atom. The van der Waals surface area contributed by atoms with Crippen LogP contribution < -0.4 is 9.47 Å². The fourth-order valence-electron chi connectivity index (χ4n) is 1.66. The lowest BCUT2D eigenvalue weighted by Gasteiger charge is -2.18. The van der Waals surface area contributed by atoms with Gasteiger partial charge in [-0.05, 0) is 22.6 Å². The molecule has 0 radical (unpaired) electrons. The van der Waals surface area contributed by atoms with Crippen molar-refractivity contribution >= 4 is 5.97 Å². The molecule has 92 valence electrons. The molecule has 2 aromatic rings. The van der Waals surface area contributed by atoms with Crippen molar-refractivity contribution < 1.29 is 19.4 Å². The highest BCUT2D eigenvalue weighted by Gasteiger charge is 2.18. The number of benzene rings is 1. The highest BCUT2D eigenvalue weighted by atomic mass is 16.6. The van der Waals surface area contributed by atoms with E-state index in [-0.39, 0.29) is 5.82 Å². The molecule has 0 saturated heterocycles. The van der Waals surface area contributed by atoms with Crippen molar-refractivity contribution in [3.63, 3.8) is 0 Å². The van der Waals surface area contributed by atoms with Gasteiger partial charge in [0.1, 0.15) is 13.2 Å². The average molecular weight is 248 g/mol. The first kappa shape index (κ1) is 10.5. The summed E-state index contributed by atoms with van der Waals surface area (Å²) in [4.78, 5) is 10.9. The van der Waals surface area contributed by atoms with Crippen LogP contribution in [0.4, 0.5) is 0 Å². The first-order valence-corrected chi connectivity index (χ1v) is 5.17. The SMILES string of the molecule is O=C(O)c1nnnn1-c1ccc2c(c1)OCCO2. The fourth-order valence-corrected chi connectivity index (χ4v) is 1.66. The molecule has 0 atom stereocenters. The quantitative estimate of drug-likeness (QED) is 0.806. The molecule has 8 nitrogen and oxygen atoms in total. The van der Waals surface area contributed by atoms with E-state index in [9.17, 15) is 4.79 Å². The van der Waals surface area contributed by atoms with Gasteiger partial charge in [-0.25, -0.2) is 4.79 Å². The molecule has 0 fully saturated rings. The number of hydrogen-bond donors (Lipinski definition) is 1. The van der Waals surface area contributed by atoms with E-state index in [1.807, 2.05) is 0 Å². The third kappa shape index (κ3) is 1.63. The summed E-state index contributed by atoms with van der Waals surface area (Å²) < 4.78 is 11.9. The number of hydrogen-bond acceptors (Lipinski definition) is 6. The van der Waals surface area contributed by atoms with Gasteiger partial charge in [0.15, 0.2) is 11.5 Å². The summed E-state index contributed by atoms with van der Waals surface area (Å²) in [5, 5.41) is 19.3. The molecule has 1 aromatic carbocycles. The van der Waals surface area contributed by atoms with E-state index < -0.39 is 5.97 Å². The molecule has 0 saturated carbocycles. The Morgan fingerprint density at radius 3 is 2.83 bits per heavy atom. The minimum atomic E-state index is -1.20. The van der Waals surface area contributed by atoms with Gasteiger partial charge in [-0.2, -0.15) is 4.68 Å². The molecule has 8 heteroatoms. The second kappa shape index (κ2) is 3.99. The Morgan fingerprint density at radius 1 is 1.28 bits per heavy atom. The third-order valence-corrected chi connectivity index (χ3v) is 2.43. The van der Waals surface area contributed by atoms with E-state index in [1.54, 1.807) is 18.2 Å². The van der Waals surface area contributed by atoms with Crippen LogP contribution in [-0.4, -0.2) is 44.5 Å². The lowest BCUT2D eigenvalue weighted by atomic mass is 10.2. The summed E-state index contributed by atoms with van der Waals surface area (Å²) in [6.07, 6.45) is 0. The standard InChI is InChI=1S/C10H8N4O4/c15-10(16)9-11-12-13-14(9)6-1-2-7-8(5-6)18-4-3-17-7/h1-2,5H,3-4H2,(H,15,16). The number of nitrogens with zero attached hydrogens (tertiary/aromatic N) is 4. The largest absolute Gasteiger partial charge is 0.486 e. The summed E-state index contributed by atoms with van der Waals surface area (Å²) in [6, 6.07) is 4.99. The van der Waals surface area contributed by atoms with Gasteiger partial charge in [0, 0.05) is 6.07 Å².